The van der Waals surface area contributed by atoms with Gasteiger partial charge in [0.1, 0.15) is 0 Å². The fraction of sp³-hybridized carbons (Fsp3) is 0.778. The monoisotopic (exact) mass is 124 g/mol. The van der Waals surface area contributed by atoms with Crippen LogP contribution in [0.15, 0.2) is 11.6 Å². The van der Waals surface area contributed by atoms with E-state index in [2.05, 4.69) is 26.8 Å². The lowest BCUT2D eigenvalue weighted by molar-refractivity contribution is 0.479. The van der Waals surface area contributed by atoms with Gasteiger partial charge in [-0.05, 0) is 31.6 Å². The zero-order valence-corrected chi connectivity index (χ0v) is 6.65. The molecule has 1 aliphatic rings. The van der Waals surface area contributed by atoms with Crippen molar-refractivity contribution in [1.82, 2.24) is 0 Å². The van der Waals surface area contributed by atoms with Gasteiger partial charge in [0, 0.05) is 0 Å². The summed E-state index contributed by atoms with van der Waals surface area (Å²) in [4.78, 5) is 0. The summed E-state index contributed by atoms with van der Waals surface area (Å²) in [6, 6.07) is 0. The molecule has 2 atom stereocenters. The Bertz CT molecular complexity index is 122. The molecule has 0 spiro atoms. The van der Waals surface area contributed by atoms with Crippen LogP contribution < -0.4 is 0 Å². The van der Waals surface area contributed by atoms with Gasteiger partial charge in [0.2, 0.25) is 0 Å². The minimum absolute atomic E-state index is 0.834. The van der Waals surface area contributed by atoms with Crippen molar-refractivity contribution >= 4 is 0 Å². The molecule has 52 valence electrons. The van der Waals surface area contributed by atoms with Gasteiger partial charge in [-0.2, -0.15) is 0 Å². The van der Waals surface area contributed by atoms with Gasteiger partial charge in [-0.15, -0.1) is 0 Å². The molecule has 1 aliphatic carbocycles. The summed E-state index contributed by atoms with van der Waals surface area (Å²) < 4.78 is 0. The number of hydrogen-bond donors (Lipinski definition) is 0. The molecule has 0 heteroatoms. The van der Waals surface area contributed by atoms with Crippen LogP contribution >= 0.6 is 0 Å². The third kappa shape index (κ3) is 1.57. The highest BCUT2D eigenvalue weighted by Crippen LogP contribution is 2.26. The SMILES string of the molecule is CC1=C[C@H](C)CCC1C. The molecular formula is C9H16. The van der Waals surface area contributed by atoms with Gasteiger partial charge < -0.3 is 0 Å². The number of rotatable bonds is 0. The molecule has 0 fully saturated rings. The number of allylic oxidation sites excluding steroid dienone is 2. The van der Waals surface area contributed by atoms with E-state index in [1.165, 1.54) is 12.8 Å². The van der Waals surface area contributed by atoms with Crippen LogP contribution in [0.1, 0.15) is 33.6 Å². The molecule has 1 rings (SSSR count). The standard InChI is InChI=1S/C9H16/c1-7-4-5-8(2)9(3)6-7/h6-8H,4-5H2,1-3H3/t7-,8?/m1/s1. The first-order valence-corrected chi connectivity index (χ1v) is 3.88. The Labute approximate surface area is 58.0 Å². The molecular weight excluding hydrogens is 108 g/mol. The molecule has 0 amide bonds. The molecule has 0 aromatic rings. The second kappa shape index (κ2) is 2.55. The molecule has 0 aliphatic heterocycles. The van der Waals surface area contributed by atoms with Crippen molar-refractivity contribution in [2.75, 3.05) is 0 Å². The first kappa shape index (κ1) is 6.85. The van der Waals surface area contributed by atoms with Crippen molar-refractivity contribution in [3.63, 3.8) is 0 Å². The van der Waals surface area contributed by atoms with Gasteiger partial charge in [0.25, 0.3) is 0 Å². The van der Waals surface area contributed by atoms with E-state index >= 15 is 0 Å². The average Bonchev–Trinajstić information content (AvgIpc) is 1.80. The van der Waals surface area contributed by atoms with Crippen molar-refractivity contribution < 1.29 is 0 Å². The summed E-state index contributed by atoms with van der Waals surface area (Å²) in [5, 5.41) is 0. The third-order valence-electron chi connectivity index (χ3n) is 2.38. The van der Waals surface area contributed by atoms with Gasteiger partial charge in [-0.1, -0.05) is 25.5 Å². The molecule has 0 aromatic heterocycles. The zero-order chi connectivity index (χ0) is 6.85. The first-order chi connectivity index (χ1) is 4.20. The van der Waals surface area contributed by atoms with Crippen LogP contribution in [0, 0.1) is 11.8 Å². The summed E-state index contributed by atoms with van der Waals surface area (Å²) >= 11 is 0. The predicted molar refractivity (Wildman–Crippen MR) is 41.3 cm³/mol. The fourth-order valence-electron chi connectivity index (χ4n) is 1.44. The highest BCUT2D eigenvalue weighted by molar-refractivity contribution is 5.07. The lowest BCUT2D eigenvalue weighted by Gasteiger charge is -2.21. The molecule has 0 radical (unpaired) electrons. The molecule has 0 saturated carbocycles. The summed E-state index contributed by atoms with van der Waals surface area (Å²) in [7, 11) is 0. The van der Waals surface area contributed by atoms with Crippen molar-refractivity contribution in [2.24, 2.45) is 11.8 Å². The van der Waals surface area contributed by atoms with Gasteiger partial charge in [-0.3, -0.25) is 0 Å². The minimum atomic E-state index is 0.834. The Morgan fingerprint density at radius 2 is 2.00 bits per heavy atom. The maximum absolute atomic E-state index is 2.41. The Hall–Kier alpha value is -0.260. The minimum Gasteiger partial charge on any atom is -0.0825 e. The molecule has 0 N–H and O–H groups in total. The Kier molecular flexibility index (Phi) is 1.94. The molecule has 0 saturated heterocycles. The van der Waals surface area contributed by atoms with Gasteiger partial charge in [0.15, 0.2) is 0 Å². The summed E-state index contributed by atoms with van der Waals surface area (Å²) in [5.41, 5.74) is 1.59. The maximum Gasteiger partial charge on any atom is -0.0234 e. The highest BCUT2D eigenvalue weighted by Gasteiger charge is 2.12. The van der Waals surface area contributed by atoms with E-state index in [0.717, 1.165) is 11.8 Å². The predicted octanol–water partition coefficient (Wildman–Crippen LogP) is 3.00. The molecule has 0 nitrogen and oxygen atoms in total. The summed E-state index contributed by atoms with van der Waals surface area (Å²) in [6.07, 6.45) is 5.19. The maximum atomic E-state index is 2.41. The van der Waals surface area contributed by atoms with Crippen LogP contribution in [0.5, 0.6) is 0 Å². The van der Waals surface area contributed by atoms with E-state index in [9.17, 15) is 0 Å². The van der Waals surface area contributed by atoms with Crippen molar-refractivity contribution in [2.45, 2.75) is 33.6 Å². The lowest BCUT2D eigenvalue weighted by atomic mass is 9.85. The largest absolute Gasteiger partial charge is 0.0825 e. The Morgan fingerprint density at radius 1 is 1.33 bits per heavy atom. The Balaban J connectivity index is 2.61. The fourth-order valence-corrected chi connectivity index (χ4v) is 1.44. The summed E-state index contributed by atoms with van der Waals surface area (Å²) in [6.45, 7) is 6.87. The topological polar surface area (TPSA) is 0 Å². The normalized spacial score (nSPS) is 36.1. The third-order valence-corrected chi connectivity index (χ3v) is 2.38. The molecule has 0 aromatic carbocycles. The van der Waals surface area contributed by atoms with Crippen molar-refractivity contribution in [3.05, 3.63) is 11.6 Å². The highest BCUT2D eigenvalue weighted by atomic mass is 14.2. The summed E-state index contributed by atoms with van der Waals surface area (Å²) in [5.74, 6) is 1.68. The van der Waals surface area contributed by atoms with Crippen LogP contribution in [0.2, 0.25) is 0 Å². The number of hydrogen-bond acceptors (Lipinski definition) is 0. The van der Waals surface area contributed by atoms with Gasteiger partial charge in [-0.25, -0.2) is 0 Å². The van der Waals surface area contributed by atoms with Gasteiger partial charge >= 0.3 is 0 Å². The van der Waals surface area contributed by atoms with Crippen LogP contribution in [0.3, 0.4) is 0 Å². The lowest BCUT2D eigenvalue weighted by Crippen LogP contribution is -2.07. The van der Waals surface area contributed by atoms with E-state index in [1.54, 1.807) is 5.57 Å². The van der Waals surface area contributed by atoms with Crippen LogP contribution in [0.25, 0.3) is 0 Å². The van der Waals surface area contributed by atoms with E-state index in [1.807, 2.05) is 0 Å². The molecule has 9 heavy (non-hydrogen) atoms. The second-order valence-electron chi connectivity index (χ2n) is 3.37. The van der Waals surface area contributed by atoms with E-state index in [0.29, 0.717) is 0 Å². The molecule has 0 heterocycles. The second-order valence-corrected chi connectivity index (χ2v) is 3.37. The quantitative estimate of drug-likeness (QED) is 0.435. The van der Waals surface area contributed by atoms with E-state index in [-0.39, 0.29) is 0 Å². The first-order valence-electron chi connectivity index (χ1n) is 3.88. The van der Waals surface area contributed by atoms with Crippen LogP contribution in [-0.2, 0) is 0 Å². The van der Waals surface area contributed by atoms with Gasteiger partial charge in [0.05, 0.1) is 0 Å². The van der Waals surface area contributed by atoms with Crippen LogP contribution in [0.4, 0.5) is 0 Å². The molecule has 0 bridgehead atoms. The smallest absolute Gasteiger partial charge is 0.0234 e. The van der Waals surface area contributed by atoms with Crippen LogP contribution in [-0.4, -0.2) is 0 Å². The van der Waals surface area contributed by atoms with E-state index in [4.69, 9.17) is 0 Å². The average molecular weight is 124 g/mol. The van der Waals surface area contributed by atoms with Crippen molar-refractivity contribution in [3.8, 4) is 0 Å². The van der Waals surface area contributed by atoms with E-state index < -0.39 is 0 Å². The zero-order valence-electron chi connectivity index (χ0n) is 6.65. The Morgan fingerprint density at radius 3 is 2.44 bits per heavy atom. The van der Waals surface area contributed by atoms with Crippen molar-refractivity contribution in [1.29, 1.82) is 0 Å². The molecule has 1 unspecified atom stereocenters.